The lowest BCUT2D eigenvalue weighted by atomic mass is 10.0. The molecule has 5 rings (SSSR count). The summed E-state index contributed by atoms with van der Waals surface area (Å²) in [7, 11) is 0. The molecule has 5 aromatic rings. The summed E-state index contributed by atoms with van der Waals surface area (Å²) in [4.78, 5) is 22.2. The third-order valence-corrected chi connectivity index (χ3v) is 5.95. The Bertz CT molecular complexity index is 1350. The van der Waals surface area contributed by atoms with E-state index in [-0.39, 0.29) is 5.78 Å². The van der Waals surface area contributed by atoms with E-state index >= 15 is 0 Å². The minimum Gasteiger partial charge on any atom is -0.360 e. The molecular weight excluding hydrogens is 390 g/mol. The van der Waals surface area contributed by atoms with Crippen LogP contribution in [0.15, 0.2) is 85.1 Å². The summed E-state index contributed by atoms with van der Waals surface area (Å²) in [6.45, 7) is 2.05. The summed E-state index contributed by atoms with van der Waals surface area (Å²) in [6.07, 6.45) is 1.79. The van der Waals surface area contributed by atoms with E-state index in [0.717, 1.165) is 27.7 Å². The standard InChI is InChI=1S/C25H19N3OS/c1-16-8-7-11-18(14-16)27-25-28-22(17-9-3-2-4-10-17)24(30-25)23(29)20-15-26-21-13-6-5-12-19(20)21/h2-15,26H,1H3,(H,27,28). The second kappa shape index (κ2) is 7.61. The number of ketones is 1. The van der Waals surface area contributed by atoms with Crippen LogP contribution in [0.4, 0.5) is 10.8 Å². The number of hydrogen-bond acceptors (Lipinski definition) is 4. The summed E-state index contributed by atoms with van der Waals surface area (Å²) < 4.78 is 0. The second-order valence-electron chi connectivity index (χ2n) is 7.13. The molecule has 0 saturated heterocycles. The molecule has 0 fully saturated rings. The van der Waals surface area contributed by atoms with Crippen molar-refractivity contribution in [3.8, 4) is 11.3 Å². The summed E-state index contributed by atoms with van der Waals surface area (Å²) in [5, 5.41) is 4.98. The van der Waals surface area contributed by atoms with Gasteiger partial charge in [-0.25, -0.2) is 4.98 Å². The lowest BCUT2D eigenvalue weighted by molar-refractivity contribution is 0.104. The van der Waals surface area contributed by atoms with E-state index < -0.39 is 0 Å². The van der Waals surface area contributed by atoms with E-state index in [1.54, 1.807) is 6.20 Å². The molecule has 0 aliphatic carbocycles. The van der Waals surface area contributed by atoms with Crippen LogP contribution in [0.2, 0.25) is 0 Å². The first kappa shape index (κ1) is 18.3. The highest BCUT2D eigenvalue weighted by Crippen LogP contribution is 2.35. The van der Waals surface area contributed by atoms with Crippen molar-refractivity contribution in [1.29, 1.82) is 0 Å². The van der Waals surface area contributed by atoms with Crippen LogP contribution in [-0.4, -0.2) is 15.8 Å². The number of H-pyrrole nitrogens is 1. The lowest BCUT2D eigenvalue weighted by Gasteiger charge is -2.02. The molecular formula is C25H19N3OS. The third kappa shape index (κ3) is 3.40. The number of hydrogen-bond donors (Lipinski definition) is 2. The average Bonchev–Trinajstić information content (AvgIpc) is 3.38. The van der Waals surface area contributed by atoms with E-state index in [4.69, 9.17) is 4.98 Å². The van der Waals surface area contributed by atoms with Crippen LogP contribution in [0.1, 0.15) is 20.8 Å². The highest BCUT2D eigenvalue weighted by atomic mass is 32.1. The van der Waals surface area contributed by atoms with Crippen LogP contribution < -0.4 is 5.32 Å². The fraction of sp³-hybridized carbons (Fsp3) is 0.0400. The summed E-state index contributed by atoms with van der Waals surface area (Å²) in [6, 6.07) is 25.8. The van der Waals surface area contributed by atoms with Crippen molar-refractivity contribution in [2.45, 2.75) is 6.92 Å². The van der Waals surface area contributed by atoms with Gasteiger partial charge in [-0.05, 0) is 30.7 Å². The summed E-state index contributed by atoms with van der Waals surface area (Å²) >= 11 is 1.38. The molecule has 0 aliphatic heterocycles. The zero-order valence-corrected chi connectivity index (χ0v) is 17.2. The van der Waals surface area contributed by atoms with Gasteiger partial charge in [-0.3, -0.25) is 4.79 Å². The molecule has 30 heavy (non-hydrogen) atoms. The van der Waals surface area contributed by atoms with E-state index in [1.165, 1.54) is 11.3 Å². The Balaban J connectivity index is 1.61. The summed E-state index contributed by atoms with van der Waals surface area (Å²) in [5.74, 6) is -0.0268. The van der Waals surface area contributed by atoms with Crippen molar-refractivity contribution in [1.82, 2.24) is 9.97 Å². The van der Waals surface area contributed by atoms with Gasteiger partial charge in [-0.1, -0.05) is 72.0 Å². The number of fused-ring (bicyclic) bond motifs is 1. The van der Waals surface area contributed by atoms with Crippen LogP contribution in [0.3, 0.4) is 0 Å². The predicted octanol–water partition coefficient (Wildman–Crippen LogP) is 6.57. The number of aromatic amines is 1. The molecule has 0 spiro atoms. The Labute approximate surface area is 178 Å². The van der Waals surface area contributed by atoms with Gasteiger partial charge in [0.25, 0.3) is 0 Å². The molecule has 3 aromatic carbocycles. The van der Waals surface area contributed by atoms with Gasteiger partial charge in [0.2, 0.25) is 5.78 Å². The molecule has 4 nitrogen and oxygen atoms in total. The number of benzene rings is 3. The number of rotatable bonds is 5. The second-order valence-corrected chi connectivity index (χ2v) is 8.13. The molecule has 0 radical (unpaired) electrons. The smallest absolute Gasteiger partial charge is 0.207 e. The number of carbonyl (C=O) groups is 1. The molecule has 2 N–H and O–H groups in total. The number of anilines is 2. The van der Waals surface area contributed by atoms with Gasteiger partial charge in [0.05, 0.1) is 5.69 Å². The van der Waals surface area contributed by atoms with Crippen molar-refractivity contribution < 1.29 is 4.79 Å². The van der Waals surface area contributed by atoms with Crippen LogP contribution in [0, 0.1) is 6.92 Å². The molecule has 0 aliphatic rings. The number of thiazole rings is 1. The number of aromatic nitrogens is 2. The fourth-order valence-electron chi connectivity index (χ4n) is 3.55. The fourth-order valence-corrected chi connectivity index (χ4v) is 4.51. The SMILES string of the molecule is Cc1cccc(Nc2nc(-c3ccccc3)c(C(=O)c3c[nH]c4ccccc34)s2)c1. The quantitative estimate of drug-likeness (QED) is 0.323. The molecule has 0 amide bonds. The van der Waals surface area contributed by atoms with Crippen LogP contribution in [0.5, 0.6) is 0 Å². The van der Waals surface area contributed by atoms with Gasteiger partial charge >= 0.3 is 0 Å². The first-order valence-electron chi connectivity index (χ1n) is 9.70. The number of carbonyl (C=O) groups excluding carboxylic acids is 1. The molecule has 2 heterocycles. The van der Waals surface area contributed by atoms with Crippen LogP contribution in [-0.2, 0) is 0 Å². The maximum absolute atomic E-state index is 13.6. The Hall–Kier alpha value is -3.70. The van der Waals surface area contributed by atoms with Crippen molar-refractivity contribution in [2.24, 2.45) is 0 Å². The molecule has 2 aromatic heterocycles. The van der Waals surface area contributed by atoms with Gasteiger partial charge in [-0.15, -0.1) is 0 Å². The highest BCUT2D eigenvalue weighted by Gasteiger charge is 2.23. The summed E-state index contributed by atoms with van der Waals surface area (Å²) in [5.41, 5.74) is 5.35. The van der Waals surface area contributed by atoms with Gasteiger partial charge in [-0.2, -0.15) is 0 Å². The third-order valence-electron chi connectivity index (χ3n) is 4.98. The van der Waals surface area contributed by atoms with E-state index in [1.807, 2.05) is 79.7 Å². The van der Waals surface area contributed by atoms with E-state index in [9.17, 15) is 4.79 Å². The van der Waals surface area contributed by atoms with Crippen molar-refractivity contribution in [3.05, 3.63) is 101 Å². The topological polar surface area (TPSA) is 57.8 Å². The van der Waals surface area contributed by atoms with Crippen LogP contribution >= 0.6 is 11.3 Å². The Morgan fingerprint density at radius 3 is 2.60 bits per heavy atom. The zero-order chi connectivity index (χ0) is 20.5. The normalized spacial score (nSPS) is 11.0. The van der Waals surface area contributed by atoms with Crippen LogP contribution in [0.25, 0.3) is 22.2 Å². The maximum Gasteiger partial charge on any atom is 0.207 e. The predicted molar refractivity (Wildman–Crippen MR) is 124 cm³/mol. The first-order valence-corrected chi connectivity index (χ1v) is 10.5. The Morgan fingerprint density at radius 1 is 0.967 bits per heavy atom. The average molecular weight is 410 g/mol. The van der Waals surface area contributed by atoms with Gasteiger partial charge in [0.1, 0.15) is 4.88 Å². The minimum atomic E-state index is -0.0268. The molecule has 146 valence electrons. The number of aryl methyl sites for hydroxylation is 1. The lowest BCUT2D eigenvalue weighted by Crippen LogP contribution is -2.00. The monoisotopic (exact) mass is 409 g/mol. The maximum atomic E-state index is 13.6. The Morgan fingerprint density at radius 2 is 1.77 bits per heavy atom. The van der Waals surface area contributed by atoms with Gasteiger partial charge in [0.15, 0.2) is 5.13 Å². The van der Waals surface area contributed by atoms with E-state index in [2.05, 4.69) is 16.4 Å². The number of para-hydroxylation sites is 1. The zero-order valence-electron chi connectivity index (χ0n) is 16.3. The molecule has 0 atom stereocenters. The van der Waals surface area contributed by atoms with E-state index in [0.29, 0.717) is 21.3 Å². The highest BCUT2D eigenvalue weighted by molar-refractivity contribution is 7.18. The largest absolute Gasteiger partial charge is 0.360 e. The molecule has 0 unspecified atom stereocenters. The number of nitrogens with zero attached hydrogens (tertiary/aromatic N) is 1. The van der Waals surface area contributed by atoms with Gasteiger partial charge < -0.3 is 10.3 Å². The van der Waals surface area contributed by atoms with Crippen molar-refractivity contribution >= 4 is 38.8 Å². The van der Waals surface area contributed by atoms with Crippen molar-refractivity contribution in [3.63, 3.8) is 0 Å². The first-order chi connectivity index (χ1) is 14.7. The Kier molecular flexibility index (Phi) is 4.65. The molecule has 0 saturated carbocycles. The molecule has 5 heteroatoms. The minimum absolute atomic E-state index is 0.0268. The van der Waals surface area contributed by atoms with Gasteiger partial charge in [0, 0.05) is 33.9 Å². The van der Waals surface area contributed by atoms with Crippen molar-refractivity contribution in [2.75, 3.05) is 5.32 Å². The molecule has 0 bridgehead atoms. The number of nitrogens with one attached hydrogen (secondary N) is 2.